The van der Waals surface area contributed by atoms with Crippen molar-refractivity contribution in [3.05, 3.63) is 114 Å². The van der Waals surface area contributed by atoms with Crippen molar-refractivity contribution in [1.82, 2.24) is 14.8 Å². The third-order valence-electron chi connectivity index (χ3n) is 7.15. The van der Waals surface area contributed by atoms with Crippen LogP contribution in [0.15, 0.2) is 96.0 Å². The molecule has 3 heterocycles. The number of hydrogen-bond donors (Lipinski definition) is 0. The fraction of sp³-hybridized carbons (Fsp3) is 0.219. The molecule has 2 aliphatic heterocycles. The number of aromatic nitrogens is 1. The van der Waals surface area contributed by atoms with E-state index in [2.05, 4.69) is 39.1 Å². The summed E-state index contributed by atoms with van der Waals surface area (Å²) in [5.74, 6) is 0.863. The number of hydrogen-bond acceptors (Lipinski definition) is 5. The Hall–Kier alpha value is -4.36. The molecule has 0 radical (unpaired) electrons. The minimum absolute atomic E-state index is 0.0358. The summed E-state index contributed by atoms with van der Waals surface area (Å²) >= 11 is 0. The van der Waals surface area contributed by atoms with Crippen molar-refractivity contribution in [2.24, 2.45) is 4.99 Å². The summed E-state index contributed by atoms with van der Waals surface area (Å²) in [6.07, 6.45) is 0.998. The summed E-state index contributed by atoms with van der Waals surface area (Å²) in [5.41, 5.74) is 5.83. The molecule has 1 saturated heterocycles. The van der Waals surface area contributed by atoms with Crippen molar-refractivity contribution in [3.63, 3.8) is 0 Å². The normalized spacial score (nSPS) is 15.1. The molecule has 0 atom stereocenters. The molecule has 0 N–H and O–H groups in total. The molecule has 39 heavy (non-hydrogen) atoms. The predicted octanol–water partition coefficient (Wildman–Crippen LogP) is 5.48. The van der Waals surface area contributed by atoms with Crippen molar-refractivity contribution >= 4 is 11.6 Å². The first-order valence-electron chi connectivity index (χ1n) is 13.3. The van der Waals surface area contributed by atoms with Crippen molar-refractivity contribution < 1.29 is 13.9 Å². The number of carbonyl (C=O) groups excluding carboxylic acids is 1. The topological polar surface area (TPSA) is 58.0 Å². The van der Waals surface area contributed by atoms with E-state index in [0.717, 1.165) is 43.9 Å². The molecule has 4 aromatic rings. The summed E-state index contributed by atoms with van der Waals surface area (Å²) in [7, 11) is 0. The molecule has 0 spiro atoms. The fourth-order valence-electron chi connectivity index (χ4n) is 4.76. The molecule has 0 aliphatic carbocycles. The predicted molar refractivity (Wildman–Crippen MR) is 150 cm³/mol. The Labute approximate surface area is 227 Å². The number of piperazine rings is 1. The van der Waals surface area contributed by atoms with Gasteiger partial charge in [-0.15, -0.1) is 0 Å². The van der Waals surface area contributed by atoms with E-state index in [-0.39, 0.29) is 11.7 Å². The summed E-state index contributed by atoms with van der Waals surface area (Å²) in [6, 6.07) is 27.6. The van der Waals surface area contributed by atoms with Gasteiger partial charge in [-0.25, -0.2) is 9.37 Å². The number of carbonyl (C=O) groups is 1. The van der Waals surface area contributed by atoms with Crippen LogP contribution in [0.25, 0.3) is 11.3 Å². The molecule has 3 aromatic carbocycles. The Kier molecular flexibility index (Phi) is 7.15. The molecular formula is C32H29FN4O2. The molecule has 0 bridgehead atoms. The zero-order valence-corrected chi connectivity index (χ0v) is 21.6. The number of aliphatic imine (C=N–C) groups is 1. The van der Waals surface area contributed by atoms with Crippen molar-refractivity contribution in [2.75, 3.05) is 39.3 Å². The first-order chi connectivity index (χ1) is 19.1. The van der Waals surface area contributed by atoms with Crippen molar-refractivity contribution in [2.45, 2.75) is 6.42 Å². The van der Waals surface area contributed by atoms with Crippen LogP contribution in [-0.4, -0.2) is 65.7 Å². The SMILES string of the molecule is O=C(c1cccc(-c2ccc(Oc3ccc(F)cc3)cc2)n1)N1CCN(CCc2ccc(C3=NC3)cc2)CC1. The summed E-state index contributed by atoms with van der Waals surface area (Å²) < 4.78 is 18.9. The molecular weight excluding hydrogens is 491 g/mol. The first-order valence-corrected chi connectivity index (χ1v) is 13.3. The zero-order valence-electron chi connectivity index (χ0n) is 21.6. The van der Waals surface area contributed by atoms with Gasteiger partial charge in [0.15, 0.2) is 0 Å². The lowest BCUT2D eigenvalue weighted by molar-refractivity contribution is 0.0633. The summed E-state index contributed by atoms with van der Waals surface area (Å²) in [4.78, 5) is 26.5. The van der Waals surface area contributed by atoms with Gasteiger partial charge in [-0.2, -0.15) is 0 Å². The van der Waals surface area contributed by atoms with Gasteiger partial charge in [-0.1, -0.05) is 30.3 Å². The van der Waals surface area contributed by atoms with Gasteiger partial charge >= 0.3 is 0 Å². The van der Waals surface area contributed by atoms with Crippen LogP contribution in [0.2, 0.25) is 0 Å². The van der Waals surface area contributed by atoms with Crippen molar-refractivity contribution in [3.8, 4) is 22.8 Å². The summed E-state index contributed by atoms with van der Waals surface area (Å²) in [5, 5.41) is 0. The van der Waals surface area contributed by atoms with Crippen LogP contribution in [-0.2, 0) is 6.42 Å². The number of pyridine rings is 1. The van der Waals surface area contributed by atoms with E-state index in [0.29, 0.717) is 30.3 Å². The Balaban J connectivity index is 1.02. The molecule has 0 saturated carbocycles. The van der Waals surface area contributed by atoms with Gasteiger partial charge in [0.1, 0.15) is 23.0 Å². The number of amides is 1. The Morgan fingerprint density at radius 2 is 1.44 bits per heavy atom. The van der Waals surface area contributed by atoms with E-state index in [4.69, 9.17) is 4.74 Å². The van der Waals surface area contributed by atoms with E-state index in [9.17, 15) is 9.18 Å². The molecule has 6 nitrogen and oxygen atoms in total. The lowest BCUT2D eigenvalue weighted by Crippen LogP contribution is -2.49. The van der Waals surface area contributed by atoms with Crippen LogP contribution >= 0.6 is 0 Å². The molecule has 6 rings (SSSR count). The highest BCUT2D eigenvalue weighted by Gasteiger charge is 2.23. The number of benzene rings is 3. The average molecular weight is 521 g/mol. The first kappa shape index (κ1) is 24.9. The largest absolute Gasteiger partial charge is 0.457 e. The lowest BCUT2D eigenvalue weighted by atomic mass is 10.1. The van der Waals surface area contributed by atoms with Gasteiger partial charge in [-0.3, -0.25) is 14.7 Å². The fourth-order valence-corrected chi connectivity index (χ4v) is 4.76. The third-order valence-corrected chi connectivity index (χ3v) is 7.15. The highest BCUT2D eigenvalue weighted by atomic mass is 19.1. The third kappa shape index (κ3) is 6.21. The molecule has 196 valence electrons. The maximum Gasteiger partial charge on any atom is 0.272 e. The minimum atomic E-state index is -0.304. The second kappa shape index (κ2) is 11.2. The van der Waals surface area contributed by atoms with E-state index in [1.54, 1.807) is 18.2 Å². The molecule has 7 heteroatoms. The maximum atomic E-state index is 13.2. The number of rotatable bonds is 8. The smallest absolute Gasteiger partial charge is 0.272 e. The molecule has 2 aliphatic rings. The Morgan fingerprint density at radius 1 is 0.795 bits per heavy atom. The van der Waals surface area contributed by atoms with Crippen LogP contribution in [0, 0.1) is 5.82 Å². The maximum absolute atomic E-state index is 13.2. The molecule has 0 unspecified atom stereocenters. The van der Waals surface area contributed by atoms with E-state index in [1.807, 2.05) is 41.3 Å². The quantitative estimate of drug-likeness (QED) is 0.309. The van der Waals surface area contributed by atoms with Gasteiger partial charge in [0, 0.05) is 38.3 Å². The van der Waals surface area contributed by atoms with Crippen molar-refractivity contribution in [1.29, 1.82) is 0 Å². The summed E-state index contributed by atoms with van der Waals surface area (Å²) in [6.45, 7) is 4.96. The molecule has 1 fully saturated rings. The number of ether oxygens (including phenoxy) is 1. The van der Waals surface area contributed by atoms with Gasteiger partial charge in [0.25, 0.3) is 5.91 Å². The van der Waals surface area contributed by atoms with E-state index < -0.39 is 0 Å². The van der Waals surface area contributed by atoms with Crippen LogP contribution in [0.5, 0.6) is 11.5 Å². The lowest BCUT2D eigenvalue weighted by Gasteiger charge is -2.34. The van der Waals surface area contributed by atoms with Crippen LogP contribution < -0.4 is 4.74 Å². The van der Waals surface area contributed by atoms with E-state index >= 15 is 0 Å². The van der Waals surface area contributed by atoms with E-state index in [1.165, 1.54) is 29.0 Å². The minimum Gasteiger partial charge on any atom is -0.457 e. The highest BCUT2D eigenvalue weighted by molar-refractivity contribution is 6.10. The zero-order chi connectivity index (χ0) is 26.6. The Morgan fingerprint density at radius 3 is 2.10 bits per heavy atom. The molecule has 1 aromatic heterocycles. The monoisotopic (exact) mass is 520 g/mol. The Bertz CT molecular complexity index is 1480. The highest BCUT2D eigenvalue weighted by Crippen LogP contribution is 2.25. The molecule has 1 amide bonds. The van der Waals surface area contributed by atoms with Crippen LogP contribution in [0.1, 0.15) is 21.6 Å². The van der Waals surface area contributed by atoms with Crippen LogP contribution in [0.3, 0.4) is 0 Å². The van der Waals surface area contributed by atoms with Gasteiger partial charge in [-0.05, 0) is 78.2 Å². The van der Waals surface area contributed by atoms with Gasteiger partial charge in [0.2, 0.25) is 0 Å². The standard InChI is InChI=1S/C32H29FN4O2/c33-26-10-14-28(15-11-26)39-27-12-8-24(9-13-27)29-2-1-3-30(35-29)32(38)37-20-18-36(19-21-37)17-16-23-4-6-25(7-5-23)31-22-34-31/h1-15H,16-22H2. The van der Waals surface area contributed by atoms with Gasteiger partial charge < -0.3 is 9.64 Å². The van der Waals surface area contributed by atoms with Crippen LogP contribution in [0.4, 0.5) is 4.39 Å². The van der Waals surface area contributed by atoms with Gasteiger partial charge in [0.05, 0.1) is 18.0 Å². The number of halogens is 1. The second-order valence-electron chi connectivity index (χ2n) is 9.83. The number of nitrogens with zero attached hydrogens (tertiary/aromatic N) is 4. The average Bonchev–Trinajstić information content (AvgIpc) is 3.84. The second-order valence-corrected chi connectivity index (χ2v) is 9.83.